The van der Waals surface area contributed by atoms with Gasteiger partial charge in [-0.15, -0.1) is 0 Å². The Bertz CT molecular complexity index is 1280. The van der Waals surface area contributed by atoms with Crippen molar-refractivity contribution in [1.82, 2.24) is 25.1 Å². The summed E-state index contributed by atoms with van der Waals surface area (Å²) in [5, 5.41) is 10.8. The zero-order valence-corrected chi connectivity index (χ0v) is 17.3. The first-order valence-electron chi connectivity index (χ1n) is 10.5. The van der Waals surface area contributed by atoms with Gasteiger partial charge in [0.2, 0.25) is 0 Å². The molecule has 3 heterocycles. The highest BCUT2D eigenvalue weighted by atomic mass is 19.1. The Morgan fingerprint density at radius 3 is 2.59 bits per heavy atom. The van der Waals surface area contributed by atoms with Crippen molar-refractivity contribution in [2.45, 2.75) is 18.8 Å². The lowest BCUT2D eigenvalue weighted by Gasteiger charge is -2.20. The van der Waals surface area contributed by atoms with Gasteiger partial charge >= 0.3 is 0 Å². The third-order valence-corrected chi connectivity index (χ3v) is 5.73. The second-order valence-corrected chi connectivity index (χ2v) is 7.76. The van der Waals surface area contributed by atoms with E-state index in [1.54, 1.807) is 41.1 Å². The van der Waals surface area contributed by atoms with Gasteiger partial charge in [0.25, 0.3) is 5.91 Å². The van der Waals surface area contributed by atoms with E-state index in [0.717, 1.165) is 42.8 Å². The molecule has 8 nitrogen and oxygen atoms in total. The molecule has 5 rings (SSSR count). The Morgan fingerprint density at radius 1 is 1.09 bits per heavy atom. The largest absolute Gasteiger partial charge is 0.382 e. The number of benzene rings is 2. The fraction of sp³-hybridized carbons (Fsp3) is 0.217. The number of fused-ring (bicyclic) bond motifs is 1. The number of nitrogens with two attached hydrogens (primary N) is 1. The number of nitrogens with zero attached hydrogens (tertiary/aromatic N) is 4. The van der Waals surface area contributed by atoms with Crippen LogP contribution in [0, 0.1) is 5.82 Å². The standard InChI is InChI=1S/C23H22FN7O/c24-17-3-1-2-4-18(17)29-23(32)15-5-7-16(8-6-15)31-21-20(27-13-28-22(21)25)19(30-31)14-9-11-26-12-10-14/h1-8,13-14,26H,9-12H2,(H,29,32)(H2,25,27,28). The molecule has 1 amide bonds. The predicted octanol–water partition coefficient (Wildman–Crippen LogP) is 3.26. The molecule has 4 aromatic rings. The summed E-state index contributed by atoms with van der Waals surface area (Å²) in [5.41, 5.74) is 9.79. The molecule has 0 unspecified atom stereocenters. The molecule has 0 aliphatic carbocycles. The maximum Gasteiger partial charge on any atom is 0.255 e. The van der Waals surface area contributed by atoms with Crippen molar-refractivity contribution in [3.8, 4) is 5.69 Å². The first-order chi connectivity index (χ1) is 15.6. The lowest BCUT2D eigenvalue weighted by molar-refractivity contribution is 0.102. The smallest absolute Gasteiger partial charge is 0.255 e. The number of rotatable bonds is 4. The van der Waals surface area contributed by atoms with Crippen LogP contribution >= 0.6 is 0 Å². The number of anilines is 2. The summed E-state index contributed by atoms with van der Waals surface area (Å²) in [6, 6.07) is 12.9. The zero-order chi connectivity index (χ0) is 22.1. The minimum absolute atomic E-state index is 0.135. The van der Waals surface area contributed by atoms with Crippen LogP contribution in [0.1, 0.15) is 34.8 Å². The van der Waals surface area contributed by atoms with E-state index >= 15 is 0 Å². The second kappa shape index (κ2) is 8.35. The average molecular weight is 431 g/mol. The van der Waals surface area contributed by atoms with Crippen LogP contribution in [-0.4, -0.2) is 38.7 Å². The monoisotopic (exact) mass is 431 g/mol. The van der Waals surface area contributed by atoms with E-state index in [-0.39, 0.29) is 5.69 Å². The van der Waals surface area contributed by atoms with Gasteiger partial charge < -0.3 is 16.4 Å². The molecule has 2 aromatic heterocycles. The lowest BCUT2D eigenvalue weighted by atomic mass is 9.94. The molecule has 4 N–H and O–H groups in total. The van der Waals surface area contributed by atoms with E-state index in [1.165, 1.54) is 18.5 Å². The molecule has 32 heavy (non-hydrogen) atoms. The molecular weight excluding hydrogens is 409 g/mol. The molecule has 1 aliphatic heterocycles. The van der Waals surface area contributed by atoms with Gasteiger partial charge in [-0.3, -0.25) is 4.79 Å². The van der Waals surface area contributed by atoms with Gasteiger partial charge in [-0.1, -0.05) is 12.1 Å². The molecule has 1 aliphatic rings. The summed E-state index contributed by atoms with van der Waals surface area (Å²) in [6.07, 6.45) is 3.42. The topological polar surface area (TPSA) is 111 Å². The van der Waals surface area contributed by atoms with Crippen LogP contribution in [0.25, 0.3) is 16.7 Å². The van der Waals surface area contributed by atoms with Crippen molar-refractivity contribution in [2.75, 3.05) is 24.1 Å². The molecular formula is C23H22FN7O. The number of para-hydroxylation sites is 1. The maximum absolute atomic E-state index is 13.8. The summed E-state index contributed by atoms with van der Waals surface area (Å²) in [7, 11) is 0. The van der Waals surface area contributed by atoms with Gasteiger partial charge in [0.1, 0.15) is 23.2 Å². The first-order valence-corrected chi connectivity index (χ1v) is 10.5. The third kappa shape index (κ3) is 3.67. The van der Waals surface area contributed by atoms with Crippen LogP contribution in [-0.2, 0) is 0 Å². The number of carbonyl (C=O) groups is 1. The Labute approximate surface area is 183 Å². The van der Waals surface area contributed by atoms with Crippen LogP contribution < -0.4 is 16.4 Å². The van der Waals surface area contributed by atoms with Gasteiger partial charge in [0.05, 0.1) is 17.1 Å². The number of nitrogen functional groups attached to an aromatic ring is 1. The number of hydrogen-bond donors (Lipinski definition) is 3. The van der Waals surface area contributed by atoms with Gasteiger partial charge in [-0.25, -0.2) is 19.0 Å². The number of nitrogens with one attached hydrogen (secondary N) is 2. The average Bonchev–Trinajstić information content (AvgIpc) is 3.22. The summed E-state index contributed by atoms with van der Waals surface area (Å²) < 4.78 is 15.6. The van der Waals surface area contributed by atoms with Crippen molar-refractivity contribution >= 4 is 28.4 Å². The van der Waals surface area contributed by atoms with Crippen molar-refractivity contribution < 1.29 is 9.18 Å². The normalized spacial score (nSPS) is 14.5. The highest BCUT2D eigenvalue weighted by Gasteiger charge is 2.25. The van der Waals surface area contributed by atoms with E-state index < -0.39 is 11.7 Å². The summed E-state index contributed by atoms with van der Waals surface area (Å²) >= 11 is 0. The molecule has 9 heteroatoms. The first kappa shape index (κ1) is 20.1. The van der Waals surface area contributed by atoms with Crippen molar-refractivity contribution in [3.63, 3.8) is 0 Å². The summed E-state index contributed by atoms with van der Waals surface area (Å²) in [4.78, 5) is 21.2. The molecule has 1 saturated heterocycles. The van der Waals surface area contributed by atoms with Gasteiger partial charge in [-0.2, -0.15) is 5.10 Å². The molecule has 0 bridgehead atoms. The number of hydrogen-bond acceptors (Lipinski definition) is 6. The summed E-state index contributed by atoms with van der Waals surface area (Å²) in [5.74, 6) is -0.240. The lowest BCUT2D eigenvalue weighted by Crippen LogP contribution is -2.27. The third-order valence-electron chi connectivity index (χ3n) is 5.73. The van der Waals surface area contributed by atoms with Crippen molar-refractivity contribution in [1.29, 1.82) is 0 Å². The van der Waals surface area contributed by atoms with E-state index in [1.807, 2.05) is 0 Å². The molecule has 2 aromatic carbocycles. The fourth-order valence-corrected chi connectivity index (χ4v) is 4.06. The Hall–Kier alpha value is -3.85. The highest BCUT2D eigenvalue weighted by molar-refractivity contribution is 6.04. The maximum atomic E-state index is 13.8. The molecule has 0 saturated carbocycles. The van der Waals surface area contributed by atoms with Gasteiger partial charge in [0, 0.05) is 11.5 Å². The van der Waals surface area contributed by atoms with Crippen LogP contribution in [0.4, 0.5) is 15.9 Å². The zero-order valence-electron chi connectivity index (χ0n) is 17.3. The molecule has 1 fully saturated rings. The second-order valence-electron chi connectivity index (χ2n) is 7.76. The Kier molecular flexibility index (Phi) is 5.24. The number of amides is 1. The number of halogens is 1. The van der Waals surface area contributed by atoms with Gasteiger partial charge in [-0.05, 0) is 62.3 Å². The van der Waals surface area contributed by atoms with Crippen molar-refractivity contribution in [2.24, 2.45) is 0 Å². The van der Waals surface area contributed by atoms with E-state index in [0.29, 0.717) is 22.8 Å². The predicted molar refractivity (Wildman–Crippen MR) is 120 cm³/mol. The van der Waals surface area contributed by atoms with Crippen molar-refractivity contribution in [3.05, 3.63) is 71.9 Å². The number of aromatic nitrogens is 4. The van der Waals surface area contributed by atoms with Crippen LogP contribution in [0.5, 0.6) is 0 Å². The van der Waals surface area contributed by atoms with Gasteiger partial charge in [0.15, 0.2) is 5.82 Å². The number of piperidine rings is 1. The Balaban J connectivity index is 1.48. The highest BCUT2D eigenvalue weighted by Crippen LogP contribution is 2.32. The summed E-state index contributed by atoms with van der Waals surface area (Å²) in [6.45, 7) is 1.87. The van der Waals surface area contributed by atoms with Crippen LogP contribution in [0.2, 0.25) is 0 Å². The van der Waals surface area contributed by atoms with E-state index in [9.17, 15) is 9.18 Å². The number of carbonyl (C=O) groups excluding carboxylic acids is 1. The molecule has 0 radical (unpaired) electrons. The van der Waals surface area contributed by atoms with Crippen LogP contribution in [0.15, 0.2) is 54.9 Å². The van der Waals surface area contributed by atoms with Crippen LogP contribution in [0.3, 0.4) is 0 Å². The van der Waals surface area contributed by atoms with E-state index in [2.05, 4.69) is 20.6 Å². The molecule has 0 spiro atoms. The minimum atomic E-state index is -0.485. The fourth-order valence-electron chi connectivity index (χ4n) is 4.06. The quantitative estimate of drug-likeness (QED) is 0.457. The SMILES string of the molecule is Nc1ncnc2c(C3CCNCC3)nn(-c3ccc(C(=O)Nc4ccccc4F)cc3)c12. The molecule has 162 valence electrons. The minimum Gasteiger partial charge on any atom is -0.382 e. The molecule has 0 atom stereocenters. The Morgan fingerprint density at radius 2 is 1.84 bits per heavy atom. The van der Waals surface area contributed by atoms with E-state index in [4.69, 9.17) is 10.8 Å².